The number of halogens is 1. The molecule has 0 radical (unpaired) electrons. The molecule has 5 rings (SSSR count). The van der Waals surface area contributed by atoms with E-state index in [1.54, 1.807) is 42.5 Å². The van der Waals surface area contributed by atoms with Gasteiger partial charge in [0, 0.05) is 26.9 Å². The van der Waals surface area contributed by atoms with E-state index < -0.39 is 5.56 Å². The number of aromatic amines is 2. The molecular weight excluding hydrogens is 428 g/mol. The number of nitriles is 1. The standard InChI is InChI=1S/C23H13ClN6O2/c24-16-8-4-3-7-14(16)19-15(11-25)23(32)26-21-20(19)22(30-28-21)29-27-17-9-10-18(31)13-6-2-1-5-12(13)17/h1-10,31H,(H2,26,28,30,32). The van der Waals surface area contributed by atoms with Crippen LogP contribution in [0.15, 0.2) is 75.7 Å². The maximum atomic E-state index is 12.5. The monoisotopic (exact) mass is 440 g/mol. The Morgan fingerprint density at radius 3 is 2.53 bits per heavy atom. The van der Waals surface area contributed by atoms with Crippen LogP contribution in [0.4, 0.5) is 11.5 Å². The van der Waals surface area contributed by atoms with Gasteiger partial charge in [-0.25, -0.2) is 0 Å². The average molecular weight is 441 g/mol. The van der Waals surface area contributed by atoms with E-state index in [1.165, 1.54) is 0 Å². The molecule has 2 aromatic heterocycles. The van der Waals surface area contributed by atoms with Gasteiger partial charge in [0.2, 0.25) is 0 Å². The SMILES string of the molecule is N#Cc1c(-c2ccccc2Cl)c2c(N=Nc3ccc(O)c4ccccc34)[nH]nc2[nH]c1=O. The number of aromatic nitrogens is 3. The molecule has 9 heteroatoms. The van der Waals surface area contributed by atoms with Gasteiger partial charge < -0.3 is 10.1 Å². The van der Waals surface area contributed by atoms with Gasteiger partial charge in [-0.3, -0.25) is 9.89 Å². The van der Waals surface area contributed by atoms with Gasteiger partial charge in [-0.15, -0.1) is 10.2 Å². The molecule has 0 aliphatic carbocycles. The zero-order valence-corrected chi connectivity index (χ0v) is 17.1. The molecule has 0 aliphatic rings. The predicted molar refractivity (Wildman–Crippen MR) is 122 cm³/mol. The van der Waals surface area contributed by atoms with E-state index in [0.29, 0.717) is 32.6 Å². The van der Waals surface area contributed by atoms with Crippen molar-refractivity contribution < 1.29 is 5.11 Å². The summed E-state index contributed by atoms with van der Waals surface area (Å²) in [7, 11) is 0. The quantitative estimate of drug-likeness (QED) is 0.310. The lowest BCUT2D eigenvalue weighted by atomic mass is 9.98. The number of H-pyrrole nitrogens is 2. The Morgan fingerprint density at radius 1 is 1.00 bits per heavy atom. The number of benzene rings is 3. The van der Waals surface area contributed by atoms with Crippen LogP contribution in [0.3, 0.4) is 0 Å². The molecule has 0 fully saturated rings. The highest BCUT2D eigenvalue weighted by molar-refractivity contribution is 6.34. The molecular formula is C23H13ClN6O2. The normalized spacial score (nSPS) is 11.4. The lowest BCUT2D eigenvalue weighted by Crippen LogP contribution is -2.12. The molecule has 32 heavy (non-hydrogen) atoms. The Morgan fingerprint density at radius 2 is 1.75 bits per heavy atom. The van der Waals surface area contributed by atoms with Crippen molar-refractivity contribution in [1.29, 1.82) is 5.26 Å². The highest BCUT2D eigenvalue weighted by Gasteiger charge is 2.21. The first-order valence-corrected chi connectivity index (χ1v) is 9.88. The molecule has 0 unspecified atom stereocenters. The molecule has 0 bridgehead atoms. The molecule has 5 aromatic rings. The third kappa shape index (κ3) is 3.09. The minimum Gasteiger partial charge on any atom is -0.507 e. The molecule has 3 aromatic carbocycles. The van der Waals surface area contributed by atoms with Gasteiger partial charge in [-0.1, -0.05) is 54.1 Å². The van der Waals surface area contributed by atoms with Crippen LogP contribution in [0.25, 0.3) is 32.9 Å². The second-order valence-corrected chi connectivity index (χ2v) is 7.35. The molecule has 0 saturated heterocycles. The van der Waals surface area contributed by atoms with Crippen LogP contribution >= 0.6 is 11.6 Å². The Balaban J connectivity index is 1.76. The number of hydrogen-bond acceptors (Lipinski definition) is 6. The molecule has 3 N–H and O–H groups in total. The number of nitrogens with one attached hydrogen (secondary N) is 2. The topological polar surface area (TPSA) is 130 Å². The molecule has 154 valence electrons. The Bertz CT molecular complexity index is 1640. The highest BCUT2D eigenvalue weighted by Crippen LogP contribution is 2.39. The number of rotatable bonds is 3. The Hall–Kier alpha value is -4.48. The number of pyridine rings is 1. The second-order valence-electron chi connectivity index (χ2n) is 6.94. The third-order valence-electron chi connectivity index (χ3n) is 5.10. The molecule has 0 spiro atoms. The zero-order valence-electron chi connectivity index (χ0n) is 16.3. The molecule has 2 heterocycles. The van der Waals surface area contributed by atoms with Crippen molar-refractivity contribution in [2.24, 2.45) is 10.2 Å². The average Bonchev–Trinajstić information content (AvgIpc) is 3.20. The van der Waals surface area contributed by atoms with Gasteiger partial charge in [0.25, 0.3) is 5.56 Å². The second kappa shape index (κ2) is 7.65. The van der Waals surface area contributed by atoms with E-state index >= 15 is 0 Å². The Labute approximate surface area is 185 Å². The van der Waals surface area contributed by atoms with E-state index in [0.717, 1.165) is 5.39 Å². The van der Waals surface area contributed by atoms with E-state index in [9.17, 15) is 15.2 Å². The third-order valence-corrected chi connectivity index (χ3v) is 5.43. The summed E-state index contributed by atoms with van der Waals surface area (Å²) in [5, 5.41) is 37.5. The van der Waals surface area contributed by atoms with Crippen molar-refractivity contribution in [3.63, 3.8) is 0 Å². The van der Waals surface area contributed by atoms with E-state index in [4.69, 9.17) is 11.6 Å². The van der Waals surface area contributed by atoms with Crippen molar-refractivity contribution in [3.05, 3.63) is 81.6 Å². The first-order valence-electron chi connectivity index (χ1n) is 9.50. The van der Waals surface area contributed by atoms with Crippen LogP contribution in [0.5, 0.6) is 5.75 Å². The highest BCUT2D eigenvalue weighted by atomic mass is 35.5. The van der Waals surface area contributed by atoms with Crippen molar-refractivity contribution in [3.8, 4) is 22.9 Å². The summed E-state index contributed by atoms with van der Waals surface area (Å²) in [4.78, 5) is 15.1. The first kappa shape index (κ1) is 19.5. The number of azo groups is 1. The summed E-state index contributed by atoms with van der Waals surface area (Å²) in [6.07, 6.45) is 0. The van der Waals surface area contributed by atoms with Crippen LogP contribution in [-0.2, 0) is 0 Å². The fourth-order valence-corrected chi connectivity index (χ4v) is 3.87. The van der Waals surface area contributed by atoms with Gasteiger partial charge in [0.1, 0.15) is 17.4 Å². The van der Waals surface area contributed by atoms with Crippen molar-refractivity contribution in [2.45, 2.75) is 0 Å². The van der Waals surface area contributed by atoms with Crippen LogP contribution in [0, 0.1) is 11.3 Å². The van der Waals surface area contributed by atoms with Crippen molar-refractivity contribution in [2.75, 3.05) is 0 Å². The minimum absolute atomic E-state index is 0.0986. The summed E-state index contributed by atoms with van der Waals surface area (Å²) >= 11 is 6.38. The molecule has 0 amide bonds. The molecule has 0 aliphatic heterocycles. The predicted octanol–water partition coefficient (Wildman–Crippen LogP) is 5.72. The molecule has 0 atom stereocenters. The number of fused-ring (bicyclic) bond motifs is 2. The number of phenolic OH excluding ortho intramolecular Hbond substituents is 1. The van der Waals surface area contributed by atoms with Gasteiger partial charge in [-0.2, -0.15) is 10.4 Å². The summed E-state index contributed by atoms with van der Waals surface area (Å²) in [6.45, 7) is 0. The fourth-order valence-electron chi connectivity index (χ4n) is 3.64. The number of phenols is 1. The minimum atomic E-state index is -0.575. The van der Waals surface area contributed by atoms with E-state index in [2.05, 4.69) is 25.4 Å². The smallest absolute Gasteiger partial charge is 0.268 e. The lowest BCUT2D eigenvalue weighted by Gasteiger charge is -2.08. The summed E-state index contributed by atoms with van der Waals surface area (Å²) < 4.78 is 0. The maximum absolute atomic E-state index is 12.5. The molecule has 0 saturated carbocycles. The first-order chi connectivity index (χ1) is 15.6. The maximum Gasteiger partial charge on any atom is 0.268 e. The number of hydrogen-bond donors (Lipinski definition) is 3. The number of nitrogens with zero attached hydrogens (tertiary/aromatic N) is 4. The van der Waals surface area contributed by atoms with Gasteiger partial charge >= 0.3 is 0 Å². The van der Waals surface area contributed by atoms with Gasteiger partial charge in [-0.05, 0) is 18.2 Å². The van der Waals surface area contributed by atoms with E-state index in [-0.39, 0.29) is 22.8 Å². The van der Waals surface area contributed by atoms with Crippen LogP contribution < -0.4 is 5.56 Å². The van der Waals surface area contributed by atoms with Crippen molar-refractivity contribution >= 4 is 44.9 Å². The number of aromatic hydroxyl groups is 1. The fraction of sp³-hybridized carbons (Fsp3) is 0. The molecule has 8 nitrogen and oxygen atoms in total. The van der Waals surface area contributed by atoms with Gasteiger partial charge in [0.05, 0.1) is 11.1 Å². The largest absolute Gasteiger partial charge is 0.507 e. The van der Waals surface area contributed by atoms with Crippen LogP contribution in [0.2, 0.25) is 5.02 Å². The zero-order chi connectivity index (χ0) is 22.2. The van der Waals surface area contributed by atoms with Crippen LogP contribution in [0.1, 0.15) is 5.56 Å². The van der Waals surface area contributed by atoms with Crippen LogP contribution in [-0.4, -0.2) is 20.3 Å². The van der Waals surface area contributed by atoms with Gasteiger partial charge in [0.15, 0.2) is 11.5 Å². The lowest BCUT2D eigenvalue weighted by molar-refractivity contribution is 0.481. The van der Waals surface area contributed by atoms with Crippen molar-refractivity contribution in [1.82, 2.24) is 15.2 Å². The summed E-state index contributed by atoms with van der Waals surface area (Å²) in [6, 6.07) is 19.3. The van der Waals surface area contributed by atoms with E-state index in [1.807, 2.05) is 24.3 Å². The Kier molecular flexibility index (Phi) is 4.66. The summed E-state index contributed by atoms with van der Waals surface area (Å²) in [5.74, 6) is 0.392. The summed E-state index contributed by atoms with van der Waals surface area (Å²) in [5.41, 5.74) is 0.927.